The second kappa shape index (κ2) is 5.69. The molecule has 0 saturated heterocycles. The fraction of sp³-hybridized carbons (Fsp3) is 0.300. The molecule has 1 aromatic carbocycles. The van der Waals surface area contributed by atoms with Crippen LogP contribution in [-0.2, 0) is 16.0 Å². The number of esters is 1. The third-order valence-corrected chi connectivity index (χ3v) is 5.39. The Bertz CT molecular complexity index is 908. The molecule has 4 nitrogen and oxygen atoms in total. The molecule has 0 radical (unpaired) electrons. The summed E-state index contributed by atoms with van der Waals surface area (Å²) in [6.45, 7) is 2.18. The van der Waals surface area contributed by atoms with Gasteiger partial charge in [-0.15, -0.1) is 0 Å². The summed E-state index contributed by atoms with van der Waals surface area (Å²) in [5.41, 5.74) is 5.28. The smallest absolute Gasteiger partial charge is 0.330 e. The van der Waals surface area contributed by atoms with Gasteiger partial charge in [0.15, 0.2) is 0 Å². The number of rotatable bonds is 2. The van der Waals surface area contributed by atoms with Gasteiger partial charge < -0.3 is 4.74 Å². The highest BCUT2D eigenvalue weighted by Gasteiger charge is 2.42. The maximum atomic E-state index is 13.2. The average molecular weight is 338 g/mol. The molecule has 4 rings (SSSR count). The van der Waals surface area contributed by atoms with Crippen LogP contribution in [0, 0.1) is 11.2 Å². The topological polar surface area (TPSA) is 44.1 Å². The quantitative estimate of drug-likeness (QED) is 0.617. The summed E-state index contributed by atoms with van der Waals surface area (Å²) >= 11 is 0. The molecule has 0 aliphatic heterocycles. The predicted molar refractivity (Wildman–Crippen MR) is 92.6 cm³/mol. The minimum atomic E-state index is -0.301. The van der Waals surface area contributed by atoms with Crippen LogP contribution in [0.5, 0.6) is 0 Å². The molecule has 1 atom stereocenters. The number of fused-ring (bicyclic) bond motifs is 2. The number of nitrogens with zero attached hydrogens (tertiary/aromatic N) is 2. The normalized spacial score (nSPS) is 23.2. The van der Waals surface area contributed by atoms with Gasteiger partial charge in [0.1, 0.15) is 5.82 Å². The van der Waals surface area contributed by atoms with Gasteiger partial charge in [-0.25, -0.2) is 13.9 Å². The number of carbonyl (C=O) groups excluding carboxylic acids is 1. The van der Waals surface area contributed by atoms with Crippen LogP contribution in [0.1, 0.15) is 31.0 Å². The van der Waals surface area contributed by atoms with Gasteiger partial charge in [-0.05, 0) is 55.2 Å². The van der Waals surface area contributed by atoms with E-state index in [0.29, 0.717) is 0 Å². The van der Waals surface area contributed by atoms with Crippen molar-refractivity contribution in [3.8, 4) is 5.69 Å². The van der Waals surface area contributed by atoms with Crippen molar-refractivity contribution >= 4 is 12.0 Å². The molecule has 0 N–H and O–H groups in total. The van der Waals surface area contributed by atoms with E-state index in [4.69, 9.17) is 4.74 Å². The Labute approximate surface area is 145 Å². The zero-order valence-corrected chi connectivity index (χ0v) is 14.3. The molecule has 0 bridgehead atoms. The molecular formula is C20H19FN2O2. The van der Waals surface area contributed by atoms with E-state index in [2.05, 4.69) is 18.1 Å². The number of hydrogen-bond donors (Lipinski definition) is 0. The summed E-state index contributed by atoms with van der Waals surface area (Å²) in [4.78, 5) is 11.7. The van der Waals surface area contributed by atoms with Crippen molar-refractivity contribution in [1.29, 1.82) is 0 Å². The van der Waals surface area contributed by atoms with Crippen molar-refractivity contribution in [2.75, 3.05) is 7.11 Å². The standard InChI is InChI=1S/C20H19FN2O2/c1-20-11-13-12-22-23(17-7-5-16(21)6-8-17)18(13)9-14(20)3-4-15(20)10-19(24)25-2/h5-10,12H,3-4,11H2,1-2H3/b15-10+/t20-/m0/s1. The van der Waals surface area contributed by atoms with Gasteiger partial charge in [-0.1, -0.05) is 18.1 Å². The lowest BCUT2D eigenvalue weighted by Gasteiger charge is -2.31. The van der Waals surface area contributed by atoms with Crippen molar-refractivity contribution < 1.29 is 13.9 Å². The van der Waals surface area contributed by atoms with Gasteiger partial charge >= 0.3 is 5.97 Å². The van der Waals surface area contributed by atoms with Crippen LogP contribution in [0.2, 0.25) is 0 Å². The molecule has 2 aliphatic rings. The third-order valence-electron chi connectivity index (χ3n) is 5.39. The second-order valence-electron chi connectivity index (χ2n) is 6.81. The molecule has 0 spiro atoms. The van der Waals surface area contributed by atoms with Crippen LogP contribution in [0.3, 0.4) is 0 Å². The summed E-state index contributed by atoms with van der Waals surface area (Å²) in [5.74, 6) is -0.561. The first-order valence-corrected chi connectivity index (χ1v) is 8.34. The van der Waals surface area contributed by atoms with Crippen LogP contribution in [0.15, 0.2) is 47.7 Å². The summed E-state index contributed by atoms with van der Waals surface area (Å²) in [5, 5.41) is 4.50. The Kier molecular flexibility index (Phi) is 3.60. The molecule has 1 aromatic heterocycles. The van der Waals surface area contributed by atoms with Crippen LogP contribution in [-0.4, -0.2) is 22.9 Å². The van der Waals surface area contributed by atoms with E-state index in [1.54, 1.807) is 18.2 Å². The van der Waals surface area contributed by atoms with Gasteiger partial charge in [0.25, 0.3) is 0 Å². The zero-order chi connectivity index (χ0) is 17.6. The molecule has 0 unspecified atom stereocenters. The monoisotopic (exact) mass is 338 g/mol. The van der Waals surface area contributed by atoms with E-state index in [1.165, 1.54) is 24.8 Å². The molecule has 1 fully saturated rings. The summed E-state index contributed by atoms with van der Waals surface area (Å²) in [6.07, 6.45) is 8.27. The Morgan fingerprint density at radius 3 is 2.80 bits per heavy atom. The molecule has 2 aliphatic carbocycles. The number of aromatic nitrogens is 2. The molecule has 2 aromatic rings. The summed E-state index contributed by atoms with van der Waals surface area (Å²) in [7, 11) is 1.40. The minimum Gasteiger partial charge on any atom is -0.466 e. The van der Waals surface area contributed by atoms with E-state index < -0.39 is 0 Å². The summed E-state index contributed by atoms with van der Waals surface area (Å²) in [6, 6.07) is 6.34. The molecule has 0 amide bonds. The fourth-order valence-electron chi connectivity index (χ4n) is 3.93. The van der Waals surface area contributed by atoms with Crippen molar-refractivity contribution in [3.63, 3.8) is 0 Å². The highest BCUT2D eigenvalue weighted by atomic mass is 19.1. The highest BCUT2D eigenvalue weighted by molar-refractivity contribution is 5.83. The first-order valence-electron chi connectivity index (χ1n) is 8.34. The van der Waals surface area contributed by atoms with E-state index in [0.717, 1.165) is 41.8 Å². The maximum absolute atomic E-state index is 13.2. The maximum Gasteiger partial charge on any atom is 0.330 e. The Hall–Kier alpha value is -2.69. The Morgan fingerprint density at radius 2 is 2.08 bits per heavy atom. The molecule has 1 heterocycles. The number of allylic oxidation sites excluding steroid dienone is 2. The van der Waals surface area contributed by atoms with Gasteiger partial charge in [0.2, 0.25) is 0 Å². The Balaban J connectivity index is 1.75. The molecule has 5 heteroatoms. The van der Waals surface area contributed by atoms with Crippen LogP contribution >= 0.6 is 0 Å². The number of halogens is 1. The number of benzene rings is 1. The number of carbonyl (C=O) groups is 1. The average Bonchev–Trinajstić information content (AvgIpc) is 3.14. The van der Waals surface area contributed by atoms with E-state index >= 15 is 0 Å². The van der Waals surface area contributed by atoms with Crippen molar-refractivity contribution in [2.24, 2.45) is 5.41 Å². The number of methoxy groups -OCH3 is 1. The van der Waals surface area contributed by atoms with Gasteiger partial charge in [0, 0.05) is 11.5 Å². The number of ether oxygens (including phenoxy) is 1. The van der Waals surface area contributed by atoms with Gasteiger partial charge in [0.05, 0.1) is 24.7 Å². The SMILES string of the molecule is COC(=O)/C=C1\CCC2=Cc3c(cnn3-c3ccc(F)cc3)C[C@@]21C. The van der Waals surface area contributed by atoms with Crippen LogP contribution < -0.4 is 0 Å². The molecular weight excluding hydrogens is 319 g/mol. The largest absolute Gasteiger partial charge is 0.466 e. The van der Waals surface area contributed by atoms with Crippen LogP contribution in [0.4, 0.5) is 4.39 Å². The van der Waals surface area contributed by atoms with Gasteiger partial charge in [-0.3, -0.25) is 0 Å². The lowest BCUT2D eigenvalue weighted by atomic mass is 9.72. The highest BCUT2D eigenvalue weighted by Crippen LogP contribution is 2.52. The van der Waals surface area contributed by atoms with Crippen molar-refractivity contribution in [1.82, 2.24) is 9.78 Å². The summed E-state index contributed by atoms with van der Waals surface area (Å²) < 4.78 is 19.8. The van der Waals surface area contributed by atoms with E-state index in [9.17, 15) is 9.18 Å². The Morgan fingerprint density at radius 1 is 1.32 bits per heavy atom. The second-order valence-corrected chi connectivity index (χ2v) is 6.81. The van der Waals surface area contributed by atoms with Gasteiger partial charge in [-0.2, -0.15) is 5.10 Å². The molecule has 128 valence electrons. The first-order chi connectivity index (χ1) is 12.0. The molecule has 25 heavy (non-hydrogen) atoms. The predicted octanol–water partition coefficient (Wildman–Crippen LogP) is 3.85. The van der Waals surface area contributed by atoms with Crippen molar-refractivity contribution in [2.45, 2.75) is 26.2 Å². The van der Waals surface area contributed by atoms with Crippen molar-refractivity contribution in [3.05, 3.63) is 64.8 Å². The van der Waals surface area contributed by atoms with E-state index in [-0.39, 0.29) is 17.2 Å². The molecule has 1 saturated carbocycles. The van der Waals surface area contributed by atoms with Crippen LogP contribution in [0.25, 0.3) is 11.8 Å². The fourth-order valence-corrected chi connectivity index (χ4v) is 3.93. The zero-order valence-electron chi connectivity index (χ0n) is 14.3. The lowest BCUT2D eigenvalue weighted by molar-refractivity contribution is -0.134. The third kappa shape index (κ3) is 2.51. The number of hydrogen-bond acceptors (Lipinski definition) is 3. The first kappa shape index (κ1) is 15.8. The minimum absolute atomic E-state index is 0.155. The lowest BCUT2D eigenvalue weighted by Crippen LogP contribution is -2.24. The van der Waals surface area contributed by atoms with E-state index in [1.807, 2.05) is 10.9 Å².